The van der Waals surface area contributed by atoms with Crippen LogP contribution in [0.4, 0.5) is 0 Å². The van der Waals surface area contributed by atoms with Gasteiger partial charge < -0.3 is 4.57 Å². The first-order chi connectivity index (χ1) is 14.0. The van der Waals surface area contributed by atoms with Gasteiger partial charge in [0, 0.05) is 11.6 Å². The number of Topliss-reactive ketones (excluding diaryl/α,β-unsaturated/α-hetero) is 1. The van der Waals surface area contributed by atoms with E-state index in [0.29, 0.717) is 28.2 Å². The number of rotatable bonds is 6. The summed E-state index contributed by atoms with van der Waals surface area (Å²) in [6, 6.07) is 8.34. The minimum Gasteiger partial charge on any atom is -0.312 e. The number of aromatic nitrogens is 6. The van der Waals surface area contributed by atoms with Crippen LogP contribution >= 0.6 is 0 Å². The van der Waals surface area contributed by atoms with Crippen molar-refractivity contribution in [1.29, 1.82) is 0 Å². The van der Waals surface area contributed by atoms with Crippen LogP contribution in [0.1, 0.15) is 56.1 Å². The largest absolute Gasteiger partial charge is 0.350 e. The van der Waals surface area contributed by atoms with E-state index < -0.39 is 11.7 Å². The van der Waals surface area contributed by atoms with Crippen LogP contribution in [0.5, 0.6) is 0 Å². The average molecular weight is 390 g/mol. The fourth-order valence-electron chi connectivity index (χ4n) is 3.66. The molecule has 0 radical (unpaired) electrons. The van der Waals surface area contributed by atoms with Crippen LogP contribution in [0, 0.1) is 0 Å². The molecule has 8 nitrogen and oxygen atoms in total. The fraction of sp³-hybridized carbons (Fsp3) is 0.333. The lowest BCUT2D eigenvalue weighted by molar-refractivity contribution is 0.0933. The van der Waals surface area contributed by atoms with E-state index in [9.17, 15) is 9.59 Å². The van der Waals surface area contributed by atoms with Crippen molar-refractivity contribution in [2.75, 3.05) is 0 Å². The molecule has 3 heterocycles. The number of fused-ring (bicyclic) bond motifs is 3. The number of hydrogen-bond donors (Lipinski definition) is 0. The molecular weight excluding hydrogens is 368 g/mol. The molecule has 29 heavy (non-hydrogen) atoms. The Labute approximate surface area is 167 Å². The lowest BCUT2D eigenvalue weighted by atomic mass is 10.1. The Bertz CT molecular complexity index is 1200. The van der Waals surface area contributed by atoms with Gasteiger partial charge in [-0.2, -0.15) is 4.98 Å². The van der Waals surface area contributed by atoms with Crippen molar-refractivity contribution in [3.8, 4) is 11.5 Å². The average Bonchev–Trinajstić information content (AvgIpc) is 3.24. The third-order valence-corrected chi connectivity index (χ3v) is 5.21. The summed E-state index contributed by atoms with van der Waals surface area (Å²) in [6.45, 7) is 5.90. The van der Waals surface area contributed by atoms with E-state index in [1.54, 1.807) is 37.5 Å². The van der Waals surface area contributed by atoms with Crippen molar-refractivity contribution in [3.63, 3.8) is 0 Å². The van der Waals surface area contributed by atoms with Crippen LogP contribution in [0.2, 0.25) is 0 Å². The van der Waals surface area contributed by atoms with Gasteiger partial charge in [-0.1, -0.05) is 43.7 Å². The molecule has 0 saturated heterocycles. The topological polar surface area (TPSA) is 95.6 Å². The SMILES string of the molecule is CCCC(C)n1cnc2c3nc(=O)n(C(C)C(=O)c4ccccc4)c-3ncnc21. The number of nitrogens with zero attached hydrogens (tertiary/aromatic N) is 6. The molecule has 0 aliphatic carbocycles. The standard InChI is InChI=1S/C21H22N6O2/c1-4-8-13(2)26-12-24-16-17-20(23-11-22-19(16)26)27(21(29)25-17)14(3)18(28)15-9-6-5-7-10-15/h5-7,9-14H,4,8H2,1-3H3. The molecular formula is C21H22N6O2. The van der Waals surface area contributed by atoms with Gasteiger partial charge >= 0.3 is 5.69 Å². The summed E-state index contributed by atoms with van der Waals surface area (Å²) < 4.78 is 3.29. The predicted molar refractivity (Wildman–Crippen MR) is 109 cm³/mol. The minimum atomic E-state index is -0.749. The summed E-state index contributed by atoms with van der Waals surface area (Å²) in [5.41, 5.74) is 1.50. The molecule has 2 aromatic rings. The number of carbonyl (C=O) groups excluding carboxylic acids is 1. The molecule has 1 aromatic carbocycles. The molecule has 0 saturated carbocycles. The van der Waals surface area contributed by atoms with Crippen LogP contribution < -0.4 is 5.69 Å². The second-order valence-corrected chi connectivity index (χ2v) is 7.18. The molecule has 1 aromatic heterocycles. The second-order valence-electron chi connectivity index (χ2n) is 7.18. The normalized spacial score (nSPS) is 13.6. The number of imidazole rings is 2. The number of hydrogen-bond acceptors (Lipinski definition) is 6. The Kier molecular flexibility index (Phi) is 4.92. The van der Waals surface area contributed by atoms with Gasteiger partial charge in [0.1, 0.15) is 23.6 Å². The molecule has 148 valence electrons. The quantitative estimate of drug-likeness (QED) is 0.469. The van der Waals surface area contributed by atoms with E-state index in [-0.39, 0.29) is 11.8 Å². The molecule has 0 bridgehead atoms. The Morgan fingerprint density at radius 3 is 2.59 bits per heavy atom. The van der Waals surface area contributed by atoms with Gasteiger partial charge in [0.2, 0.25) is 0 Å². The highest BCUT2D eigenvalue weighted by molar-refractivity contribution is 5.99. The van der Waals surface area contributed by atoms with Gasteiger partial charge in [-0.05, 0) is 20.3 Å². The summed E-state index contributed by atoms with van der Waals surface area (Å²) >= 11 is 0. The molecule has 2 aliphatic heterocycles. The van der Waals surface area contributed by atoms with Crippen molar-refractivity contribution in [2.24, 2.45) is 0 Å². The predicted octanol–water partition coefficient (Wildman–Crippen LogP) is 3.29. The van der Waals surface area contributed by atoms with E-state index in [4.69, 9.17) is 0 Å². The first-order valence-electron chi connectivity index (χ1n) is 9.72. The monoisotopic (exact) mass is 390 g/mol. The molecule has 2 unspecified atom stereocenters. The van der Waals surface area contributed by atoms with E-state index >= 15 is 0 Å². The van der Waals surface area contributed by atoms with Crippen LogP contribution in [-0.2, 0) is 0 Å². The maximum absolute atomic E-state index is 12.9. The molecule has 2 atom stereocenters. The van der Waals surface area contributed by atoms with Gasteiger partial charge in [-0.15, -0.1) is 0 Å². The van der Waals surface area contributed by atoms with Crippen LogP contribution in [0.15, 0.2) is 47.8 Å². The van der Waals surface area contributed by atoms with E-state index in [0.717, 1.165) is 12.8 Å². The number of carbonyl (C=O) groups is 1. The third kappa shape index (κ3) is 3.20. The highest BCUT2D eigenvalue weighted by Crippen LogP contribution is 2.27. The van der Waals surface area contributed by atoms with Gasteiger partial charge in [-0.3, -0.25) is 9.36 Å². The van der Waals surface area contributed by atoms with Gasteiger partial charge in [0.25, 0.3) is 0 Å². The first kappa shape index (κ1) is 18.9. The molecule has 0 N–H and O–H groups in total. The van der Waals surface area contributed by atoms with Crippen LogP contribution in [0.25, 0.3) is 22.7 Å². The zero-order chi connectivity index (χ0) is 20.5. The van der Waals surface area contributed by atoms with Crippen molar-refractivity contribution in [2.45, 2.75) is 45.7 Å². The Balaban J connectivity index is 1.83. The zero-order valence-corrected chi connectivity index (χ0v) is 16.6. The molecule has 0 fully saturated rings. The second kappa shape index (κ2) is 7.54. The van der Waals surface area contributed by atoms with Gasteiger partial charge in [-0.25, -0.2) is 19.7 Å². The van der Waals surface area contributed by atoms with Crippen molar-refractivity contribution >= 4 is 16.9 Å². The van der Waals surface area contributed by atoms with Crippen molar-refractivity contribution < 1.29 is 4.79 Å². The summed E-state index contributed by atoms with van der Waals surface area (Å²) in [5.74, 6) is 0.129. The number of benzene rings is 1. The van der Waals surface area contributed by atoms with Gasteiger partial charge in [0.05, 0.1) is 6.33 Å². The lowest BCUT2D eigenvalue weighted by Crippen LogP contribution is -2.26. The summed E-state index contributed by atoms with van der Waals surface area (Å²) in [4.78, 5) is 43.0. The summed E-state index contributed by atoms with van der Waals surface area (Å²) in [6.07, 6.45) is 5.14. The highest BCUT2D eigenvalue weighted by Gasteiger charge is 2.28. The molecule has 0 amide bonds. The maximum Gasteiger partial charge on any atom is 0.350 e. The minimum absolute atomic E-state index is 0.179. The fourth-order valence-corrected chi connectivity index (χ4v) is 3.66. The van der Waals surface area contributed by atoms with Crippen molar-refractivity contribution in [1.82, 2.24) is 29.1 Å². The summed E-state index contributed by atoms with van der Waals surface area (Å²) in [7, 11) is 0. The first-order valence-corrected chi connectivity index (χ1v) is 9.72. The van der Waals surface area contributed by atoms with E-state index in [2.05, 4.69) is 33.8 Å². The molecule has 4 rings (SSSR count). The molecule has 2 aliphatic rings. The third-order valence-electron chi connectivity index (χ3n) is 5.21. The molecule has 0 spiro atoms. The van der Waals surface area contributed by atoms with E-state index in [1.165, 1.54) is 10.9 Å². The highest BCUT2D eigenvalue weighted by atomic mass is 16.2. The Hall–Kier alpha value is -3.42. The Morgan fingerprint density at radius 2 is 1.86 bits per heavy atom. The lowest BCUT2D eigenvalue weighted by Gasteiger charge is -2.12. The van der Waals surface area contributed by atoms with Crippen molar-refractivity contribution in [3.05, 3.63) is 59.0 Å². The summed E-state index contributed by atoms with van der Waals surface area (Å²) in [5, 5.41) is 0. The maximum atomic E-state index is 12.9. The van der Waals surface area contributed by atoms with Crippen LogP contribution in [0.3, 0.4) is 0 Å². The Morgan fingerprint density at radius 1 is 1.10 bits per heavy atom. The zero-order valence-electron chi connectivity index (χ0n) is 16.6. The van der Waals surface area contributed by atoms with E-state index in [1.807, 2.05) is 10.6 Å². The smallest absolute Gasteiger partial charge is 0.312 e. The van der Waals surface area contributed by atoms with Crippen LogP contribution in [-0.4, -0.2) is 34.9 Å². The number of ketones is 1. The molecule has 8 heteroatoms. The van der Waals surface area contributed by atoms with Gasteiger partial charge in [0.15, 0.2) is 17.3 Å².